The number of halogens is 5. The zero-order chi connectivity index (χ0) is 15.1. The van der Waals surface area contributed by atoms with Gasteiger partial charge in [0.2, 0.25) is 0 Å². The van der Waals surface area contributed by atoms with E-state index in [-0.39, 0.29) is 5.56 Å². The van der Waals surface area contributed by atoms with Gasteiger partial charge >= 0.3 is 6.18 Å². The lowest BCUT2D eigenvalue weighted by atomic mass is 10.0. The number of hydrogen-bond donors (Lipinski definition) is 1. The summed E-state index contributed by atoms with van der Waals surface area (Å²) in [4.78, 5) is 0. The summed E-state index contributed by atoms with van der Waals surface area (Å²) in [5.74, 6) is 0. The highest BCUT2D eigenvalue weighted by Gasteiger charge is 2.32. The average Bonchev–Trinajstić information content (AvgIpc) is 2.67. The minimum absolute atomic E-state index is 0.129. The average molecular weight is 414 g/mol. The lowest BCUT2D eigenvalue weighted by molar-refractivity contribution is -0.137. The summed E-state index contributed by atoms with van der Waals surface area (Å²) in [6, 6.07) is 3.15. The number of aromatic nitrogens is 2. The van der Waals surface area contributed by atoms with Crippen LogP contribution >= 0.6 is 31.9 Å². The first kappa shape index (κ1) is 15.5. The molecule has 2 rings (SSSR count). The van der Waals surface area contributed by atoms with Crippen molar-refractivity contribution in [1.82, 2.24) is 9.78 Å². The van der Waals surface area contributed by atoms with E-state index in [1.54, 1.807) is 7.05 Å². The van der Waals surface area contributed by atoms with Gasteiger partial charge in [0.25, 0.3) is 0 Å². The highest BCUT2D eigenvalue weighted by atomic mass is 79.9. The lowest BCUT2D eigenvalue weighted by Gasteiger charge is -2.16. The molecule has 0 amide bonds. The van der Waals surface area contributed by atoms with Crippen LogP contribution in [0.5, 0.6) is 0 Å². The maximum atomic E-state index is 12.7. The zero-order valence-corrected chi connectivity index (χ0v) is 13.3. The Morgan fingerprint density at radius 2 is 1.90 bits per heavy atom. The summed E-state index contributed by atoms with van der Waals surface area (Å²) in [6.07, 6.45) is -4.22. The van der Waals surface area contributed by atoms with Crippen LogP contribution in [0.15, 0.2) is 33.3 Å². The SMILES string of the molecule is Cn1ncc(Br)c1C(O)c1cc(C(F)(F)F)ccc1Br. The Hall–Kier alpha value is -0.860. The van der Waals surface area contributed by atoms with Crippen LogP contribution < -0.4 is 0 Å². The van der Waals surface area contributed by atoms with E-state index in [2.05, 4.69) is 37.0 Å². The molecule has 2 aromatic rings. The molecule has 8 heteroatoms. The molecule has 0 aliphatic rings. The fourth-order valence-corrected chi connectivity index (χ4v) is 2.83. The molecule has 1 aromatic heterocycles. The largest absolute Gasteiger partial charge is 0.416 e. The third kappa shape index (κ3) is 2.91. The van der Waals surface area contributed by atoms with E-state index < -0.39 is 17.8 Å². The molecule has 1 unspecified atom stereocenters. The zero-order valence-electron chi connectivity index (χ0n) is 10.1. The maximum Gasteiger partial charge on any atom is 0.416 e. The molecule has 0 bridgehead atoms. The summed E-state index contributed by atoms with van der Waals surface area (Å²) >= 11 is 6.38. The van der Waals surface area contributed by atoms with E-state index in [1.165, 1.54) is 16.9 Å². The quantitative estimate of drug-likeness (QED) is 0.806. The molecule has 108 valence electrons. The maximum absolute atomic E-state index is 12.7. The second-order valence-electron chi connectivity index (χ2n) is 4.14. The molecular weight excluding hydrogens is 405 g/mol. The first-order valence-corrected chi connectivity index (χ1v) is 7.02. The van der Waals surface area contributed by atoms with Crippen molar-refractivity contribution in [2.75, 3.05) is 0 Å². The van der Waals surface area contributed by atoms with Crippen LogP contribution in [0.1, 0.15) is 22.9 Å². The van der Waals surface area contributed by atoms with Crippen LogP contribution in [-0.2, 0) is 13.2 Å². The van der Waals surface area contributed by atoms with E-state index in [4.69, 9.17) is 0 Å². The molecule has 0 radical (unpaired) electrons. The molecular formula is C12H9Br2F3N2O. The monoisotopic (exact) mass is 412 g/mol. The third-order valence-corrected chi connectivity index (χ3v) is 4.15. The van der Waals surface area contributed by atoms with Crippen molar-refractivity contribution in [3.8, 4) is 0 Å². The fraction of sp³-hybridized carbons (Fsp3) is 0.250. The number of alkyl halides is 3. The summed E-state index contributed by atoms with van der Waals surface area (Å²) < 4.78 is 40.5. The van der Waals surface area contributed by atoms with Gasteiger partial charge in [-0.3, -0.25) is 4.68 Å². The number of rotatable bonds is 2. The van der Waals surface area contributed by atoms with Gasteiger partial charge in [0.15, 0.2) is 0 Å². The predicted octanol–water partition coefficient (Wildman–Crippen LogP) is 4.05. The number of aliphatic hydroxyl groups is 1. The van der Waals surface area contributed by atoms with Crippen molar-refractivity contribution in [3.63, 3.8) is 0 Å². The molecule has 20 heavy (non-hydrogen) atoms. The highest BCUT2D eigenvalue weighted by Crippen LogP contribution is 2.37. The van der Waals surface area contributed by atoms with Gasteiger partial charge < -0.3 is 5.11 Å². The Balaban J connectivity index is 2.52. The van der Waals surface area contributed by atoms with E-state index in [0.29, 0.717) is 14.6 Å². The standard InChI is InChI=1S/C12H9Br2F3N2O/c1-19-10(9(14)5-18-19)11(20)7-4-6(12(15,16)17)2-3-8(7)13/h2-5,11,20H,1H3. The Morgan fingerprint density at radius 1 is 1.25 bits per heavy atom. The predicted molar refractivity (Wildman–Crippen MR) is 74.1 cm³/mol. The second-order valence-corrected chi connectivity index (χ2v) is 5.85. The van der Waals surface area contributed by atoms with Crippen LogP contribution in [0.2, 0.25) is 0 Å². The van der Waals surface area contributed by atoms with Crippen LogP contribution in [0.25, 0.3) is 0 Å². The molecule has 0 fully saturated rings. The van der Waals surface area contributed by atoms with Gasteiger partial charge in [-0.1, -0.05) is 15.9 Å². The summed E-state index contributed by atoms with van der Waals surface area (Å²) in [5.41, 5.74) is -0.304. The molecule has 1 N–H and O–H groups in total. The molecule has 0 saturated heterocycles. The first-order valence-electron chi connectivity index (χ1n) is 5.44. The van der Waals surface area contributed by atoms with Crippen molar-refractivity contribution in [1.29, 1.82) is 0 Å². The van der Waals surface area contributed by atoms with Gasteiger partial charge in [-0.05, 0) is 34.1 Å². The van der Waals surface area contributed by atoms with Crippen molar-refractivity contribution in [3.05, 3.63) is 50.2 Å². The van der Waals surface area contributed by atoms with Crippen LogP contribution in [-0.4, -0.2) is 14.9 Å². The molecule has 1 aromatic carbocycles. The lowest BCUT2D eigenvalue weighted by Crippen LogP contribution is -2.11. The highest BCUT2D eigenvalue weighted by molar-refractivity contribution is 9.10. The molecule has 0 aliphatic carbocycles. The van der Waals surface area contributed by atoms with Gasteiger partial charge in [0.1, 0.15) is 6.10 Å². The van der Waals surface area contributed by atoms with Gasteiger partial charge in [-0.25, -0.2) is 0 Å². The Labute approximate surface area is 129 Å². The normalized spacial score (nSPS) is 13.6. The smallest absolute Gasteiger partial charge is 0.382 e. The number of aryl methyl sites for hydroxylation is 1. The number of benzene rings is 1. The molecule has 0 spiro atoms. The molecule has 3 nitrogen and oxygen atoms in total. The third-order valence-electron chi connectivity index (χ3n) is 2.81. The van der Waals surface area contributed by atoms with Crippen LogP contribution in [0.3, 0.4) is 0 Å². The first-order chi connectivity index (χ1) is 9.21. The van der Waals surface area contributed by atoms with Crippen molar-refractivity contribution in [2.24, 2.45) is 7.05 Å². The van der Waals surface area contributed by atoms with Crippen molar-refractivity contribution >= 4 is 31.9 Å². The second kappa shape index (κ2) is 5.50. The molecule has 0 aliphatic heterocycles. The van der Waals surface area contributed by atoms with E-state index in [9.17, 15) is 18.3 Å². The fourth-order valence-electron chi connectivity index (χ4n) is 1.80. The van der Waals surface area contributed by atoms with Gasteiger partial charge in [-0.2, -0.15) is 18.3 Å². The number of hydrogen-bond acceptors (Lipinski definition) is 2. The molecule has 1 atom stereocenters. The summed E-state index contributed by atoms with van der Waals surface area (Å²) in [5, 5.41) is 14.3. The van der Waals surface area contributed by atoms with E-state index in [0.717, 1.165) is 12.1 Å². The Kier molecular flexibility index (Phi) is 4.27. The van der Waals surface area contributed by atoms with Gasteiger partial charge in [0.05, 0.1) is 21.9 Å². The van der Waals surface area contributed by atoms with Crippen molar-refractivity contribution < 1.29 is 18.3 Å². The van der Waals surface area contributed by atoms with Gasteiger partial charge in [0, 0.05) is 17.1 Å². The Bertz CT molecular complexity index is 621. The number of nitrogens with zero attached hydrogens (tertiary/aromatic N) is 2. The van der Waals surface area contributed by atoms with E-state index in [1.807, 2.05) is 0 Å². The molecule has 0 saturated carbocycles. The minimum atomic E-state index is -4.46. The van der Waals surface area contributed by atoms with E-state index >= 15 is 0 Å². The van der Waals surface area contributed by atoms with Crippen molar-refractivity contribution in [2.45, 2.75) is 12.3 Å². The van der Waals surface area contributed by atoms with Gasteiger partial charge in [-0.15, -0.1) is 0 Å². The van der Waals surface area contributed by atoms with Crippen LogP contribution in [0, 0.1) is 0 Å². The molecule has 1 heterocycles. The summed E-state index contributed by atoms with van der Waals surface area (Å²) in [7, 11) is 1.60. The Morgan fingerprint density at radius 3 is 2.40 bits per heavy atom. The van der Waals surface area contributed by atoms with Crippen LogP contribution in [0.4, 0.5) is 13.2 Å². The minimum Gasteiger partial charge on any atom is -0.382 e. The topological polar surface area (TPSA) is 38.0 Å². The number of aliphatic hydroxyl groups excluding tert-OH is 1. The summed E-state index contributed by atoms with van der Waals surface area (Å²) in [6.45, 7) is 0.